The van der Waals surface area contributed by atoms with Crippen LogP contribution < -0.4 is 5.32 Å². The van der Waals surface area contributed by atoms with Gasteiger partial charge in [-0.05, 0) is 18.2 Å². The van der Waals surface area contributed by atoms with Gasteiger partial charge in [-0.1, -0.05) is 12.1 Å². The van der Waals surface area contributed by atoms with Crippen LogP contribution >= 0.6 is 0 Å². The molecule has 0 aliphatic carbocycles. The number of carboxylic acids is 1. The van der Waals surface area contributed by atoms with E-state index in [1.807, 2.05) is 24.3 Å². The number of aromatic nitrogens is 1. The molecule has 19 heavy (non-hydrogen) atoms. The Balaban J connectivity index is 1.98. The summed E-state index contributed by atoms with van der Waals surface area (Å²) < 4.78 is 5.17. The zero-order valence-electron chi connectivity index (χ0n) is 9.83. The monoisotopic (exact) mass is 254 g/mol. The normalized spacial score (nSPS) is 10.5. The van der Waals surface area contributed by atoms with Gasteiger partial charge in [-0.25, -0.2) is 4.79 Å². The molecule has 3 aromatic rings. The van der Waals surface area contributed by atoms with E-state index in [1.165, 1.54) is 6.07 Å². The molecule has 0 spiro atoms. The summed E-state index contributed by atoms with van der Waals surface area (Å²) in [5.41, 5.74) is 0.839. The van der Waals surface area contributed by atoms with Crippen LogP contribution in [0, 0.1) is 0 Å². The van der Waals surface area contributed by atoms with E-state index in [0.717, 1.165) is 16.5 Å². The number of nitrogens with one attached hydrogen (secondary N) is 1. The van der Waals surface area contributed by atoms with Crippen molar-refractivity contribution in [3.05, 3.63) is 54.6 Å². The second kappa shape index (κ2) is 4.45. The summed E-state index contributed by atoms with van der Waals surface area (Å²) in [6.07, 6.45) is 3.48. The molecule has 0 radical (unpaired) electrons. The lowest BCUT2D eigenvalue weighted by molar-refractivity contribution is 0.0663. The van der Waals surface area contributed by atoms with Gasteiger partial charge in [0.25, 0.3) is 0 Å². The Hall–Kier alpha value is -2.82. The first-order valence-electron chi connectivity index (χ1n) is 5.67. The van der Waals surface area contributed by atoms with Crippen LogP contribution in [-0.2, 0) is 0 Å². The van der Waals surface area contributed by atoms with Crippen molar-refractivity contribution < 1.29 is 14.3 Å². The topological polar surface area (TPSA) is 75.4 Å². The Morgan fingerprint density at radius 3 is 2.89 bits per heavy atom. The van der Waals surface area contributed by atoms with Crippen LogP contribution in [0.15, 0.2) is 53.2 Å². The minimum Gasteiger partial charge on any atom is -0.475 e. The van der Waals surface area contributed by atoms with Crippen LogP contribution in [0.5, 0.6) is 0 Å². The second-order valence-corrected chi connectivity index (χ2v) is 4.00. The van der Waals surface area contributed by atoms with Gasteiger partial charge in [-0.2, -0.15) is 0 Å². The number of carbonyl (C=O) groups is 1. The number of anilines is 2. The van der Waals surface area contributed by atoms with Crippen LogP contribution in [0.4, 0.5) is 11.6 Å². The molecule has 0 unspecified atom stereocenters. The predicted molar refractivity (Wildman–Crippen MR) is 70.7 cm³/mol. The van der Waals surface area contributed by atoms with Crippen molar-refractivity contribution in [2.24, 2.45) is 0 Å². The maximum Gasteiger partial charge on any atom is 0.371 e. The van der Waals surface area contributed by atoms with E-state index in [2.05, 4.69) is 10.3 Å². The number of benzene rings is 1. The number of hydrogen-bond donors (Lipinski definition) is 2. The molecule has 3 rings (SSSR count). The second-order valence-electron chi connectivity index (χ2n) is 4.00. The lowest BCUT2D eigenvalue weighted by atomic mass is 10.1. The maximum atomic E-state index is 10.7. The molecule has 94 valence electrons. The van der Waals surface area contributed by atoms with Crippen LogP contribution in [0.1, 0.15) is 10.6 Å². The quantitative estimate of drug-likeness (QED) is 0.750. The van der Waals surface area contributed by atoms with Crippen molar-refractivity contribution in [2.75, 3.05) is 5.32 Å². The Morgan fingerprint density at radius 1 is 1.21 bits per heavy atom. The Morgan fingerprint density at radius 2 is 2.11 bits per heavy atom. The molecule has 0 atom stereocenters. The summed E-state index contributed by atoms with van der Waals surface area (Å²) in [5.74, 6) is -0.790. The first-order chi connectivity index (χ1) is 9.24. The first-order valence-corrected chi connectivity index (χ1v) is 5.67. The van der Waals surface area contributed by atoms with E-state index in [1.54, 1.807) is 18.5 Å². The summed E-state index contributed by atoms with van der Waals surface area (Å²) in [5, 5.41) is 13.9. The van der Waals surface area contributed by atoms with Gasteiger partial charge in [0.2, 0.25) is 5.76 Å². The highest BCUT2D eigenvalue weighted by Crippen LogP contribution is 2.26. The van der Waals surface area contributed by atoms with E-state index in [9.17, 15) is 4.79 Å². The minimum absolute atomic E-state index is 0.0931. The van der Waals surface area contributed by atoms with Gasteiger partial charge in [0.05, 0.1) is 0 Å². The van der Waals surface area contributed by atoms with Crippen molar-refractivity contribution in [3.63, 3.8) is 0 Å². The predicted octanol–water partition coefficient (Wildman–Crippen LogP) is 3.27. The zero-order valence-corrected chi connectivity index (χ0v) is 9.83. The highest BCUT2D eigenvalue weighted by atomic mass is 16.4. The molecule has 0 bridgehead atoms. The number of rotatable bonds is 3. The Bertz CT molecular complexity index is 744. The maximum absolute atomic E-state index is 10.7. The molecule has 0 fully saturated rings. The van der Waals surface area contributed by atoms with E-state index < -0.39 is 5.97 Å². The molecule has 0 saturated carbocycles. The SMILES string of the molecule is O=C(O)c1ccc(Nc2cccc3cnccc23)o1. The van der Waals surface area contributed by atoms with Gasteiger partial charge in [0, 0.05) is 34.9 Å². The van der Waals surface area contributed by atoms with E-state index in [-0.39, 0.29) is 5.76 Å². The van der Waals surface area contributed by atoms with Crippen molar-refractivity contribution >= 4 is 28.3 Å². The highest BCUT2D eigenvalue weighted by Gasteiger charge is 2.09. The zero-order chi connectivity index (χ0) is 13.2. The van der Waals surface area contributed by atoms with Crippen molar-refractivity contribution in [1.82, 2.24) is 4.98 Å². The third-order valence-corrected chi connectivity index (χ3v) is 2.76. The fraction of sp³-hybridized carbons (Fsp3) is 0. The number of hydrogen-bond acceptors (Lipinski definition) is 4. The third-order valence-electron chi connectivity index (χ3n) is 2.76. The van der Waals surface area contributed by atoms with Gasteiger partial charge >= 0.3 is 5.97 Å². The molecule has 5 nitrogen and oxygen atoms in total. The lowest BCUT2D eigenvalue weighted by Crippen LogP contribution is -1.93. The van der Waals surface area contributed by atoms with Gasteiger partial charge in [0.15, 0.2) is 5.88 Å². The molecule has 1 aromatic carbocycles. The average Bonchev–Trinajstić information content (AvgIpc) is 2.88. The molecule has 2 N–H and O–H groups in total. The molecule has 2 aromatic heterocycles. The molecule has 0 saturated heterocycles. The molecular formula is C14H10N2O3. The highest BCUT2D eigenvalue weighted by molar-refractivity contribution is 5.94. The number of carboxylic acid groups (broad SMARTS) is 1. The van der Waals surface area contributed by atoms with Crippen molar-refractivity contribution in [3.8, 4) is 0 Å². The number of pyridine rings is 1. The molecule has 0 aliphatic heterocycles. The Kier molecular flexibility index (Phi) is 2.64. The van der Waals surface area contributed by atoms with Crippen LogP contribution in [-0.4, -0.2) is 16.1 Å². The minimum atomic E-state index is -1.09. The first kappa shape index (κ1) is 11.3. The molecule has 2 heterocycles. The average molecular weight is 254 g/mol. The van der Waals surface area contributed by atoms with Gasteiger partial charge in [-0.15, -0.1) is 0 Å². The van der Waals surface area contributed by atoms with E-state index in [0.29, 0.717) is 5.88 Å². The lowest BCUT2D eigenvalue weighted by Gasteiger charge is -2.06. The molecule has 0 aliphatic rings. The number of aromatic carboxylic acids is 1. The standard InChI is InChI=1S/C14H10N2O3/c17-14(18)12-4-5-13(19-12)16-11-3-1-2-9-8-15-7-6-10(9)11/h1-8,16H,(H,17,18). The largest absolute Gasteiger partial charge is 0.475 e. The molecule has 5 heteroatoms. The van der Waals surface area contributed by atoms with Crippen LogP contribution in [0.2, 0.25) is 0 Å². The summed E-state index contributed by atoms with van der Waals surface area (Å²) in [7, 11) is 0. The van der Waals surface area contributed by atoms with Gasteiger partial charge in [0.1, 0.15) is 0 Å². The molecule has 0 amide bonds. The smallest absolute Gasteiger partial charge is 0.371 e. The van der Waals surface area contributed by atoms with Crippen molar-refractivity contribution in [1.29, 1.82) is 0 Å². The summed E-state index contributed by atoms with van der Waals surface area (Å²) in [4.78, 5) is 14.8. The molecular weight excluding hydrogens is 244 g/mol. The number of furan rings is 1. The van der Waals surface area contributed by atoms with Crippen LogP contribution in [0.3, 0.4) is 0 Å². The van der Waals surface area contributed by atoms with E-state index in [4.69, 9.17) is 9.52 Å². The summed E-state index contributed by atoms with van der Waals surface area (Å²) in [6.45, 7) is 0. The van der Waals surface area contributed by atoms with Gasteiger partial charge < -0.3 is 14.8 Å². The number of nitrogens with zero attached hydrogens (tertiary/aromatic N) is 1. The van der Waals surface area contributed by atoms with Gasteiger partial charge in [-0.3, -0.25) is 4.98 Å². The third kappa shape index (κ3) is 2.13. The van der Waals surface area contributed by atoms with E-state index >= 15 is 0 Å². The summed E-state index contributed by atoms with van der Waals surface area (Å²) >= 11 is 0. The summed E-state index contributed by atoms with van der Waals surface area (Å²) in [6, 6.07) is 10.6. The fourth-order valence-corrected chi connectivity index (χ4v) is 1.88. The number of fused-ring (bicyclic) bond motifs is 1. The fourth-order valence-electron chi connectivity index (χ4n) is 1.88. The van der Waals surface area contributed by atoms with Crippen molar-refractivity contribution in [2.45, 2.75) is 0 Å². The Labute approximate surface area is 108 Å². The van der Waals surface area contributed by atoms with Crippen LogP contribution in [0.25, 0.3) is 10.8 Å².